The molecule has 1 aromatic carbocycles. The molecule has 0 saturated carbocycles. The highest BCUT2D eigenvalue weighted by molar-refractivity contribution is 7.17. The van der Waals surface area contributed by atoms with Crippen LogP contribution in [0.5, 0.6) is 0 Å². The molecule has 0 spiro atoms. The zero-order valence-electron chi connectivity index (χ0n) is 9.97. The monoisotopic (exact) mass is 267 g/mol. The van der Waals surface area contributed by atoms with Crippen molar-refractivity contribution < 1.29 is 5.01 Å². The second-order valence-electron chi connectivity index (χ2n) is 4.75. The summed E-state index contributed by atoms with van der Waals surface area (Å²) in [6, 6.07) is 6.51. The Labute approximate surface area is 113 Å². The van der Waals surface area contributed by atoms with Crippen molar-refractivity contribution in [1.29, 1.82) is 0 Å². The third-order valence-corrected chi connectivity index (χ3v) is 4.82. The van der Waals surface area contributed by atoms with Gasteiger partial charge in [-0.2, -0.15) is 5.01 Å². The van der Waals surface area contributed by atoms with E-state index in [0.29, 0.717) is 0 Å². The van der Waals surface area contributed by atoms with Gasteiger partial charge in [0.1, 0.15) is 12.0 Å². The lowest BCUT2D eigenvalue weighted by Crippen LogP contribution is -3.12. The maximum Gasteiger partial charge on any atom is 0.183 e. The Bertz CT molecular complexity index is 890. The number of quaternary nitrogens is 1. The van der Waals surface area contributed by atoms with E-state index in [2.05, 4.69) is 47.4 Å². The fourth-order valence-electron chi connectivity index (χ4n) is 2.92. The number of benzene rings is 1. The van der Waals surface area contributed by atoms with Crippen LogP contribution in [0.3, 0.4) is 0 Å². The van der Waals surface area contributed by atoms with Crippen LogP contribution in [0, 0.1) is 0 Å². The minimum absolute atomic E-state index is 1.10. The van der Waals surface area contributed by atoms with Crippen LogP contribution in [0.15, 0.2) is 42.9 Å². The number of hydrogen-bond donors (Lipinski definition) is 3. The fraction of sp³-hybridized carbons (Fsp3) is 0. The predicted molar refractivity (Wildman–Crippen MR) is 76.0 cm³/mol. The fourth-order valence-corrected chi connectivity index (χ4v) is 4.08. The Hall–Kier alpha value is -2.08. The standard InChI is InChI=1S/C14H10N4S/c1-3-9-12-10(4-1)19-11-5-2-7-17(13(11)12)16-18-8-6-15-14(9)18/h1-8,15-16H/p+1. The lowest BCUT2D eigenvalue weighted by Gasteiger charge is -2.21. The summed E-state index contributed by atoms with van der Waals surface area (Å²) in [6.45, 7) is 0. The number of allylic oxidation sites excluding steroid dienone is 1. The maximum absolute atomic E-state index is 3.48. The van der Waals surface area contributed by atoms with E-state index in [1.165, 1.54) is 30.5 Å². The zero-order chi connectivity index (χ0) is 12.4. The second kappa shape index (κ2) is 3.27. The summed E-state index contributed by atoms with van der Waals surface area (Å²) in [7, 11) is 0. The number of nitrogens with one attached hydrogen (secondary N) is 3. The highest BCUT2D eigenvalue weighted by Gasteiger charge is 2.29. The molecule has 4 nitrogen and oxygen atoms in total. The van der Waals surface area contributed by atoms with Gasteiger partial charge in [-0.3, -0.25) is 0 Å². The molecule has 4 heterocycles. The molecule has 3 aliphatic heterocycles. The predicted octanol–water partition coefficient (Wildman–Crippen LogP) is -0.399. The Morgan fingerprint density at radius 1 is 1.26 bits per heavy atom. The molecule has 1 unspecified atom stereocenters. The van der Waals surface area contributed by atoms with Crippen LogP contribution < -0.4 is 25.6 Å². The molecule has 92 valence electrons. The quantitative estimate of drug-likeness (QED) is 0.607. The van der Waals surface area contributed by atoms with Crippen molar-refractivity contribution in [1.82, 2.24) is 15.9 Å². The molecule has 5 rings (SSSR count). The summed E-state index contributed by atoms with van der Waals surface area (Å²) in [5.74, 6) is 1.10. The summed E-state index contributed by atoms with van der Waals surface area (Å²) in [4.78, 5) is 0. The average Bonchev–Trinajstić information content (AvgIpc) is 2.99. The van der Waals surface area contributed by atoms with Gasteiger partial charge < -0.3 is 5.32 Å². The molecule has 0 saturated heterocycles. The Balaban J connectivity index is 2.07. The van der Waals surface area contributed by atoms with Crippen LogP contribution in [0.4, 0.5) is 5.69 Å². The first-order valence-corrected chi connectivity index (χ1v) is 7.04. The lowest BCUT2D eigenvalue weighted by molar-refractivity contribution is -0.842. The molecular formula is C14H11N4S+. The molecule has 1 aromatic heterocycles. The van der Waals surface area contributed by atoms with E-state index in [9.17, 15) is 0 Å². The van der Waals surface area contributed by atoms with Gasteiger partial charge in [0.05, 0.1) is 9.92 Å². The third-order valence-electron chi connectivity index (χ3n) is 3.70. The molecule has 0 radical (unpaired) electrons. The Morgan fingerprint density at radius 2 is 2.26 bits per heavy atom. The summed E-state index contributed by atoms with van der Waals surface area (Å²) in [6.07, 6.45) is 10.4. The first-order chi connectivity index (χ1) is 9.42. The topological polar surface area (TPSA) is 31.7 Å². The van der Waals surface area contributed by atoms with Gasteiger partial charge in [-0.15, -0.1) is 11.3 Å². The molecular weight excluding hydrogens is 256 g/mol. The van der Waals surface area contributed by atoms with Crippen LogP contribution in [0.2, 0.25) is 0 Å². The first kappa shape index (κ1) is 9.80. The molecule has 0 aliphatic carbocycles. The third kappa shape index (κ3) is 1.14. The number of hydrogen-bond acceptors (Lipinski definition) is 4. The highest BCUT2D eigenvalue weighted by Crippen LogP contribution is 2.22. The van der Waals surface area contributed by atoms with E-state index in [-0.39, 0.29) is 0 Å². The van der Waals surface area contributed by atoms with Crippen molar-refractivity contribution in [2.24, 2.45) is 0 Å². The molecule has 3 aliphatic rings. The molecule has 2 aromatic rings. The zero-order valence-corrected chi connectivity index (χ0v) is 10.8. The van der Waals surface area contributed by atoms with Crippen molar-refractivity contribution in [3.8, 4) is 0 Å². The van der Waals surface area contributed by atoms with Crippen LogP contribution >= 0.6 is 11.3 Å². The van der Waals surface area contributed by atoms with Gasteiger partial charge in [-0.05, 0) is 18.2 Å². The summed E-state index contributed by atoms with van der Waals surface area (Å²) >= 11 is 1.85. The Morgan fingerprint density at radius 3 is 3.26 bits per heavy atom. The van der Waals surface area contributed by atoms with Crippen LogP contribution in [0.25, 0.3) is 22.0 Å². The number of rotatable bonds is 0. The first-order valence-electron chi connectivity index (χ1n) is 6.22. The molecule has 0 amide bonds. The van der Waals surface area contributed by atoms with Crippen molar-refractivity contribution >= 4 is 39.0 Å². The molecule has 0 bridgehead atoms. The number of fused-ring (bicyclic) bond motifs is 1. The highest BCUT2D eigenvalue weighted by atomic mass is 32.1. The molecule has 5 heteroatoms. The molecule has 19 heavy (non-hydrogen) atoms. The largest absolute Gasteiger partial charge is 0.345 e. The smallest absolute Gasteiger partial charge is 0.183 e. The average molecular weight is 267 g/mol. The van der Waals surface area contributed by atoms with Gasteiger partial charge in [0.25, 0.3) is 0 Å². The van der Waals surface area contributed by atoms with Gasteiger partial charge >= 0.3 is 0 Å². The minimum Gasteiger partial charge on any atom is -0.345 e. The summed E-state index contributed by atoms with van der Waals surface area (Å²) < 4.78 is 2.67. The number of hydrazine groups is 1. The van der Waals surface area contributed by atoms with E-state index < -0.39 is 0 Å². The normalized spacial score (nSPS) is 22.2. The van der Waals surface area contributed by atoms with Gasteiger partial charge in [0.15, 0.2) is 5.69 Å². The van der Waals surface area contributed by atoms with Crippen molar-refractivity contribution in [2.75, 3.05) is 0 Å². The van der Waals surface area contributed by atoms with Crippen LogP contribution in [0.1, 0.15) is 0 Å². The maximum atomic E-state index is 3.48. The van der Waals surface area contributed by atoms with Gasteiger partial charge in [-0.25, -0.2) is 5.01 Å². The van der Waals surface area contributed by atoms with Crippen LogP contribution in [-0.4, -0.2) is 5.01 Å². The van der Waals surface area contributed by atoms with Crippen molar-refractivity contribution in [3.05, 3.63) is 52.6 Å². The summed E-state index contributed by atoms with van der Waals surface area (Å²) in [5, 5.41) is 9.15. The lowest BCUT2D eigenvalue weighted by atomic mass is 10.1. The second-order valence-corrected chi connectivity index (χ2v) is 5.83. The van der Waals surface area contributed by atoms with Crippen molar-refractivity contribution in [2.45, 2.75) is 0 Å². The van der Waals surface area contributed by atoms with Gasteiger partial charge in [-0.1, -0.05) is 17.7 Å². The minimum atomic E-state index is 1.10. The van der Waals surface area contributed by atoms with Crippen LogP contribution in [-0.2, 0) is 0 Å². The molecule has 3 N–H and O–H groups in total. The van der Waals surface area contributed by atoms with Gasteiger partial charge in [0, 0.05) is 22.3 Å². The SMILES string of the molecule is C1=C[NH+]2NN3C=CNC3=c3cccc4sc(c2c34)=C1. The van der Waals surface area contributed by atoms with Crippen molar-refractivity contribution in [3.63, 3.8) is 0 Å². The van der Waals surface area contributed by atoms with E-state index in [4.69, 9.17) is 0 Å². The Kier molecular flexibility index (Phi) is 1.69. The van der Waals surface area contributed by atoms with E-state index >= 15 is 0 Å². The molecule has 0 fully saturated rings. The number of nitrogens with zero attached hydrogens (tertiary/aromatic N) is 1. The van der Waals surface area contributed by atoms with E-state index in [1.54, 1.807) is 0 Å². The van der Waals surface area contributed by atoms with E-state index in [1.807, 2.05) is 28.7 Å². The van der Waals surface area contributed by atoms with E-state index in [0.717, 1.165) is 5.82 Å². The molecule has 1 atom stereocenters. The summed E-state index contributed by atoms with van der Waals surface area (Å²) in [5.41, 5.74) is 4.81. The van der Waals surface area contributed by atoms with Gasteiger partial charge in [0.2, 0.25) is 0 Å². The number of thiophene rings is 1.